The van der Waals surface area contributed by atoms with Gasteiger partial charge in [-0.25, -0.2) is 4.39 Å². The average molecular weight is 207 g/mol. The summed E-state index contributed by atoms with van der Waals surface area (Å²) >= 11 is 0. The lowest BCUT2D eigenvalue weighted by Crippen LogP contribution is -2.30. The van der Waals surface area contributed by atoms with Crippen molar-refractivity contribution in [1.82, 2.24) is 0 Å². The zero-order chi connectivity index (χ0) is 11.3. The molecule has 0 aliphatic heterocycles. The summed E-state index contributed by atoms with van der Waals surface area (Å²) in [6, 6.07) is 7.94. The molecule has 1 aromatic carbocycles. The molecule has 4 nitrogen and oxygen atoms in total. The Kier molecular flexibility index (Phi) is 3.42. The summed E-state index contributed by atoms with van der Waals surface area (Å²) in [7, 11) is 0. The second-order valence-corrected chi connectivity index (χ2v) is 3.00. The molecule has 1 rings (SSSR count). The molecule has 1 aromatic rings. The van der Waals surface area contributed by atoms with Crippen LogP contribution in [0.2, 0.25) is 0 Å². The van der Waals surface area contributed by atoms with Crippen molar-refractivity contribution in [3.8, 4) is 0 Å². The number of ketones is 1. The monoisotopic (exact) mass is 207 g/mol. The standard InChI is InChI=1S/C10H10FN3O/c1-2-10(11,13-14-12)9(15)8-6-4-3-5-7-8/h3-7H,2H2,1H3. The molecule has 0 aromatic heterocycles. The SMILES string of the molecule is CCC(F)(N=[N+]=[N-])C(=O)c1ccccc1. The minimum Gasteiger partial charge on any atom is -0.290 e. The fraction of sp³-hybridized carbons (Fsp3) is 0.300. The van der Waals surface area contributed by atoms with Crippen LogP contribution in [0.25, 0.3) is 10.4 Å². The van der Waals surface area contributed by atoms with Crippen molar-refractivity contribution in [2.75, 3.05) is 0 Å². The van der Waals surface area contributed by atoms with Gasteiger partial charge in [0.05, 0.1) is 0 Å². The highest BCUT2D eigenvalue weighted by molar-refractivity contribution is 6.02. The number of hydrogen-bond donors (Lipinski definition) is 0. The van der Waals surface area contributed by atoms with Gasteiger partial charge in [-0.05, 0) is 17.1 Å². The molecule has 0 fully saturated rings. The molecule has 0 aliphatic rings. The van der Waals surface area contributed by atoms with Crippen molar-refractivity contribution in [3.05, 3.63) is 46.3 Å². The van der Waals surface area contributed by atoms with E-state index in [4.69, 9.17) is 5.53 Å². The zero-order valence-electron chi connectivity index (χ0n) is 8.22. The first-order chi connectivity index (χ1) is 7.14. The molecule has 0 heterocycles. The Hall–Kier alpha value is -1.87. The third kappa shape index (κ3) is 2.33. The Labute approximate surface area is 86.4 Å². The highest BCUT2D eigenvalue weighted by atomic mass is 19.1. The van der Waals surface area contributed by atoms with E-state index in [0.717, 1.165) is 0 Å². The minimum absolute atomic E-state index is 0.176. The maximum Gasteiger partial charge on any atom is 0.250 e. The van der Waals surface area contributed by atoms with E-state index >= 15 is 0 Å². The zero-order valence-corrected chi connectivity index (χ0v) is 8.22. The van der Waals surface area contributed by atoms with Crippen LogP contribution in [0.1, 0.15) is 23.7 Å². The molecule has 0 aliphatic carbocycles. The van der Waals surface area contributed by atoms with Crippen molar-refractivity contribution in [3.63, 3.8) is 0 Å². The van der Waals surface area contributed by atoms with Crippen LogP contribution in [-0.4, -0.2) is 11.6 Å². The topological polar surface area (TPSA) is 65.8 Å². The van der Waals surface area contributed by atoms with E-state index in [1.165, 1.54) is 19.1 Å². The van der Waals surface area contributed by atoms with E-state index in [0.29, 0.717) is 0 Å². The third-order valence-corrected chi connectivity index (χ3v) is 2.06. The van der Waals surface area contributed by atoms with E-state index in [1.807, 2.05) is 0 Å². The number of benzene rings is 1. The summed E-state index contributed by atoms with van der Waals surface area (Å²) in [4.78, 5) is 14.0. The Balaban J connectivity index is 3.07. The van der Waals surface area contributed by atoms with Crippen molar-refractivity contribution in [2.24, 2.45) is 5.11 Å². The predicted octanol–water partition coefficient (Wildman–Crippen LogP) is 3.26. The molecule has 78 valence electrons. The Bertz CT molecular complexity index is 400. The molecule has 0 N–H and O–H groups in total. The number of rotatable bonds is 4. The van der Waals surface area contributed by atoms with E-state index in [2.05, 4.69) is 10.0 Å². The first-order valence-electron chi connectivity index (χ1n) is 4.49. The number of carbonyl (C=O) groups excluding carboxylic acids is 1. The van der Waals surface area contributed by atoms with Crippen molar-refractivity contribution in [2.45, 2.75) is 19.1 Å². The number of Topliss-reactive ketones (excluding diaryl/α,β-unsaturated/α-hetero) is 1. The Morgan fingerprint density at radius 1 is 1.53 bits per heavy atom. The second kappa shape index (κ2) is 4.57. The van der Waals surface area contributed by atoms with E-state index < -0.39 is 11.6 Å². The third-order valence-electron chi connectivity index (χ3n) is 2.06. The van der Waals surface area contributed by atoms with E-state index in [-0.39, 0.29) is 12.0 Å². The molecule has 0 radical (unpaired) electrons. The van der Waals surface area contributed by atoms with Gasteiger partial charge < -0.3 is 0 Å². The first kappa shape index (κ1) is 11.2. The summed E-state index contributed by atoms with van der Waals surface area (Å²) < 4.78 is 13.8. The maximum atomic E-state index is 13.8. The molecule has 1 atom stereocenters. The maximum absolute atomic E-state index is 13.8. The number of halogens is 1. The number of carbonyl (C=O) groups is 1. The second-order valence-electron chi connectivity index (χ2n) is 3.00. The van der Waals surface area contributed by atoms with Crippen molar-refractivity contribution < 1.29 is 9.18 Å². The molecule has 0 bridgehead atoms. The lowest BCUT2D eigenvalue weighted by atomic mass is 10.0. The van der Waals surface area contributed by atoms with Gasteiger partial charge >= 0.3 is 0 Å². The summed E-state index contributed by atoms with van der Waals surface area (Å²) in [6.07, 6.45) is -0.176. The predicted molar refractivity (Wildman–Crippen MR) is 54.0 cm³/mol. The van der Waals surface area contributed by atoms with Gasteiger partial charge in [-0.2, -0.15) is 0 Å². The van der Waals surface area contributed by atoms with Crippen LogP contribution in [0.15, 0.2) is 35.4 Å². The van der Waals surface area contributed by atoms with Gasteiger partial charge in [0.1, 0.15) is 0 Å². The van der Waals surface area contributed by atoms with Gasteiger partial charge in [0.25, 0.3) is 5.79 Å². The molecule has 0 spiro atoms. The molecule has 1 unspecified atom stereocenters. The summed E-state index contributed by atoms with van der Waals surface area (Å²) in [5.74, 6) is -3.28. The van der Waals surface area contributed by atoms with Gasteiger partial charge in [0.2, 0.25) is 5.78 Å². The van der Waals surface area contributed by atoms with Gasteiger partial charge in [0, 0.05) is 10.5 Å². The number of azide groups is 1. The highest BCUT2D eigenvalue weighted by Gasteiger charge is 2.36. The lowest BCUT2D eigenvalue weighted by Gasteiger charge is -2.15. The Morgan fingerprint density at radius 2 is 2.13 bits per heavy atom. The Morgan fingerprint density at radius 3 is 2.60 bits per heavy atom. The molecular weight excluding hydrogens is 197 g/mol. The average Bonchev–Trinajstić information content (AvgIpc) is 2.29. The van der Waals surface area contributed by atoms with Crippen LogP contribution in [0.3, 0.4) is 0 Å². The summed E-state index contributed by atoms with van der Waals surface area (Å²) in [5.41, 5.74) is 8.40. The normalized spacial score (nSPS) is 13.7. The van der Waals surface area contributed by atoms with Crippen LogP contribution in [0.4, 0.5) is 4.39 Å². The largest absolute Gasteiger partial charge is 0.290 e. The van der Waals surface area contributed by atoms with Crippen LogP contribution in [0, 0.1) is 0 Å². The molecular formula is C10H10FN3O. The fourth-order valence-corrected chi connectivity index (χ4v) is 1.16. The fourth-order valence-electron chi connectivity index (χ4n) is 1.16. The van der Waals surface area contributed by atoms with Crippen molar-refractivity contribution >= 4 is 5.78 Å². The van der Waals surface area contributed by atoms with Gasteiger partial charge in [-0.3, -0.25) is 4.79 Å². The van der Waals surface area contributed by atoms with E-state index in [9.17, 15) is 9.18 Å². The smallest absolute Gasteiger partial charge is 0.250 e. The first-order valence-corrected chi connectivity index (χ1v) is 4.49. The highest BCUT2D eigenvalue weighted by Crippen LogP contribution is 2.23. The van der Waals surface area contributed by atoms with Crippen LogP contribution >= 0.6 is 0 Å². The number of hydrogen-bond acceptors (Lipinski definition) is 2. The molecule has 5 heteroatoms. The van der Waals surface area contributed by atoms with Crippen LogP contribution < -0.4 is 0 Å². The molecule has 0 amide bonds. The molecule has 0 saturated heterocycles. The number of alkyl halides is 1. The van der Waals surface area contributed by atoms with Crippen LogP contribution in [0.5, 0.6) is 0 Å². The van der Waals surface area contributed by atoms with Gasteiger partial charge in [-0.15, -0.1) is 0 Å². The number of nitrogens with zero attached hydrogens (tertiary/aromatic N) is 3. The minimum atomic E-state index is -2.48. The summed E-state index contributed by atoms with van der Waals surface area (Å²) in [6.45, 7) is 1.45. The van der Waals surface area contributed by atoms with Gasteiger partial charge in [-0.1, -0.05) is 37.3 Å². The quantitative estimate of drug-likeness (QED) is 0.245. The summed E-state index contributed by atoms with van der Waals surface area (Å²) in [5, 5.41) is 2.92. The molecule has 15 heavy (non-hydrogen) atoms. The lowest BCUT2D eigenvalue weighted by molar-refractivity contribution is 0.0689. The van der Waals surface area contributed by atoms with E-state index in [1.54, 1.807) is 18.2 Å². The van der Waals surface area contributed by atoms with Gasteiger partial charge in [0.15, 0.2) is 0 Å². The van der Waals surface area contributed by atoms with Crippen molar-refractivity contribution in [1.29, 1.82) is 0 Å². The molecule has 0 saturated carbocycles. The van der Waals surface area contributed by atoms with Crippen LogP contribution in [-0.2, 0) is 0 Å².